The van der Waals surface area contributed by atoms with Crippen molar-refractivity contribution >= 4 is 27.7 Å². The summed E-state index contributed by atoms with van der Waals surface area (Å²) in [6, 6.07) is 6.46. The van der Waals surface area contributed by atoms with E-state index in [4.69, 9.17) is 5.26 Å². The number of nitrogens with zero attached hydrogens (tertiary/aromatic N) is 3. The molecule has 2 aromatic rings. The third kappa shape index (κ3) is 2.74. The predicted octanol–water partition coefficient (Wildman–Crippen LogP) is 2.01. The Morgan fingerprint density at radius 3 is 2.95 bits per heavy atom. The first-order valence-corrected chi connectivity index (χ1v) is 6.04. The van der Waals surface area contributed by atoms with Gasteiger partial charge < -0.3 is 10.4 Å². The molecule has 1 heterocycles. The lowest BCUT2D eigenvalue weighted by Crippen LogP contribution is -2.13. The molecule has 1 aromatic heterocycles. The van der Waals surface area contributed by atoms with Gasteiger partial charge in [-0.15, -0.1) is 0 Å². The largest absolute Gasteiger partial charge is 0.507 e. The van der Waals surface area contributed by atoms with E-state index in [9.17, 15) is 9.90 Å². The average molecular weight is 321 g/mol. The van der Waals surface area contributed by atoms with Crippen LogP contribution < -0.4 is 5.32 Å². The van der Waals surface area contributed by atoms with Gasteiger partial charge in [-0.3, -0.25) is 9.48 Å². The second-order valence-electron chi connectivity index (χ2n) is 3.79. The first-order valence-electron chi connectivity index (χ1n) is 5.25. The summed E-state index contributed by atoms with van der Waals surface area (Å²) in [5.74, 6) is -0.515. The number of hydrogen-bond donors (Lipinski definition) is 2. The molecule has 0 atom stereocenters. The third-order valence-electron chi connectivity index (χ3n) is 2.39. The molecule has 0 saturated heterocycles. The summed E-state index contributed by atoms with van der Waals surface area (Å²) in [5, 5.41) is 25.0. The Morgan fingerprint density at radius 2 is 2.32 bits per heavy atom. The lowest BCUT2D eigenvalue weighted by atomic mass is 10.2. The number of aromatic hydroxyl groups is 1. The van der Waals surface area contributed by atoms with Crippen LogP contribution in [0.3, 0.4) is 0 Å². The van der Waals surface area contributed by atoms with Gasteiger partial charge in [0, 0.05) is 17.7 Å². The zero-order valence-electron chi connectivity index (χ0n) is 9.88. The van der Waals surface area contributed by atoms with E-state index in [-0.39, 0.29) is 22.7 Å². The Morgan fingerprint density at radius 1 is 1.58 bits per heavy atom. The van der Waals surface area contributed by atoms with Gasteiger partial charge in [0.25, 0.3) is 5.91 Å². The van der Waals surface area contributed by atoms with Crippen molar-refractivity contribution in [2.75, 3.05) is 5.32 Å². The van der Waals surface area contributed by atoms with Crippen molar-refractivity contribution in [2.45, 2.75) is 0 Å². The standard InChI is InChI=1S/C12H9BrN4O2/c1-17-6-7(5-14)11(16-17)15-12(19)9-3-2-8(13)4-10(9)18/h2-4,6,18H,1H3,(H,15,16,19). The maximum Gasteiger partial charge on any atom is 0.260 e. The number of nitriles is 1. The van der Waals surface area contributed by atoms with Gasteiger partial charge in [-0.05, 0) is 18.2 Å². The molecule has 6 nitrogen and oxygen atoms in total. The van der Waals surface area contributed by atoms with Crippen LogP contribution in [0.15, 0.2) is 28.9 Å². The number of phenolic OH excluding ortho intramolecular Hbond substituents is 1. The Hall–Kier alpha value is -2.33. The summed E-state index contributed by atoms with van der Waals surface area (Å²) in [5.41, 5.74) is 0.366. The lowest BCUT2D eigenvalue weighted by molar-refractivity contribution is 0.102. The molecule has 0 spiro atoms. The van der Waals surface area contributed by atoms with Crippen LogP contribution in [0.2, 0.25) is 0 Å². The van der Waals surface area contributed by atoms with Gasteiger partial charge in [-0.1, -0.05) is 15.9 Å². The first-order chi connectivity index (χ1) is 9.01. The van der Waals surface area contributed by atoms with E-state index >= 15 is 0 Å². The van der Waals surface area contributed by atoms with Crippen LogP contribution in [0.4, 0.5) is 5.82 Å². The number of rotatable bonds is 2. The summed E-state index contributed by atoms with van der Waals surface area (Å²) < 4.78 is 2.09. The minimum atomic E-state index is -0.528. The maximum atomic E-state index is 12.0. The van der Waals surface area contributed by atoms with Crippen molar-refractivity contribution in [1.82, 2.24) is 9.78 Å². The van der Waals surface area contributed by atoms with Crippen molar-refractivity contribution < 1.29 is 9.90 Å². The highest BCUT2D eigenvalue weighted by atomic mass is 79.9. The molecule has 0 fully saturated rings. The number of amides is 1. The SMILES string of the molecule is Cn1cc(C#N)c(NC(=O)c2ccc(Br)cc2O)n1. The monoisotopic (exact) mass is 320 g/mol. The molecule has 19 heavy (non-hydrogen) atoms. The molecular weight excluding hydrogens is 312 g/mol. The van der Waals surface area contributed by atoms with Crippen molar-refractivity contribution in [3.63, 3.8) is 0 Å². The number of aromatic nitrogens is 2. The van der Waals surface area contributed by atoms with E-state index in [1.165, 1.54) is 23.0 Å². The highest BCUT2D eigenvalue weighted by Crippen LogP contribution is 2.23. The molecule has 0 radical (unpaired) electrons. The second kappa shape index (κ2) is 5.12. The van der Waals surface area contributed by atoms with Crippen molar-refractivity contribution in [3.05, 3.63) is 40.0 Å². The second-order valence-corrected chi connectivity index (χ2v) is 4.71. The van der Waals surface area contributed by atoms with Crippen LogP contribution in [0.1, 0.15) is 15.9 Å². The number of nitrogens with one attached hydrogen (secondary N) is 1. The summed E-state index contributed by atoms with van der Waals surface area (Å²) in [7, 11) is 1.65. The zero-order valence-corrected chi connectivity index (χ0v) is 11.5. The summed E-state index contributed by atoms with van der Waals surface area (Å²) >= 11 is 3.19. The number of aryl methyl sites for hydroxylation is 1. The van der Waals surface area contributed by atoms with E-state index in [1.807, 2.05) is 6.07 Å². The number of phenols is 1. The normalized spacial score (nSPS) is 9.95. The third-order valence-corrected chi connectivity index (χ3v) is 2.88. The number of hydrogen-bond acceptors (Lipinski definition) is 4. The number of carbonyl (C=O) groups is 1. The maximum absolute atomic E-state index is 12.0. The van der Waals surface area contributed by atoms with E-state index in [1.54, 1.807) is 13.1 Å². The first kappa shape index (κ1) is 13.1. The van der Waals surface area contributed by atoms with Gasteiger partial charge in [0.1, 0.15) is 17.4 Å². The number of benzene rings is 1. The predicted molar refractivity (Wildman–Crippen MR) is 71.7 cm³/mol. The highest BCUT2D eigenvalue weighted by Gasteiger charge is 2.15. The highest BCUT2D eigenvalue weighted by molar-refractivity contribution is 9.10. The molecule has 1 amide bonds. The van der Waals surface area contributed by atoms with Crippen LogP contribution in [-0.4, -0.2) is 20.8 Å². The Labute approximate surface area is 117 Å². The van der Waals surface area contributed by atoms with Gasteiger partial charge in [0.15, 0.2) is 5.82 Å². The fourth-order valence-electron chi connectivity index (χ4n) is 1.53. The topological polar surface area (TPSA) is 90.9 Å². The average Bonchev–Trinajstić information content (AvgIpc) is 2.69. The molecule has 0 aliphatic rings. The number of anilines is 1. The van der Waals surface area contributed by atoms with Crippen LogP contribution in [0, 0.1) is 11.3 Å². The molecule has 0 unspecified atom stereocenters. The zero-order chi connectivity index (χ0) is 14.0. The quantitative estimate of drug-likeness (QED) is 0.885. The minimum absolute atomic E-state index is 0.109. The Kier molecular flexibility index (Phi) is 3.53. The van der Waals surface area contributed by atoms with Gasteiger partial charge in [0.05, 0.1) is 5.56 Å². The van der Waals surface area contributed by atoms with E-state index in [0.717, 1.165) is 0 Å². The van der Waals surface area contributed by atoms with Crippen LogP contribution in [0.25, 0.3) is 0 Å². The minimum Gasteiger partial charge on any atom is -0.507 e. The van der Waals surface area contributed by atoms with Crippen molar-refractivity contribution in [3.8, 4) is 11.8 Å². The lowest BCUT2D eigenvalue weighted by Gasteiger charge is -2.05. The smallest absolute Gasteiger partial charge is 0.260 e. The Bertz CT molecular complexity index is 688. The molecular formula is C12H9BrN4O2. The molecule has 0 aliphatic heterocycles. The summed E-state index contributed by atoms with van der Waals surface area (Å²) in [4.78, 5) is 12.0. The van der Waals surface area contributed by atoms with Gasteiger partial charge in [0.2, 0.25) is 0 Å². The molecule has 0 saturated carbocycles. The molecule has 96 valence electrons. The number of halogens is 1. The van der Waals surface area contributed by atoms with Crippen LogP contribution in [-0.2, 0) is 7.05 Å². The van der Waals surface area contributed by atoms with Crippen LogP contribution in [0.5, 0.6) is 5.75 Å². The Balaban J connectivity index is 2.28. The van der Waals surface area contributed by atoms with Crippen LogP contribution >= 0.6 is 15.9 Å². The van der Waals surface area contributed by atoms with E-state index in [0.29, 0.717) is 4.47 Å². The van der Waals surface area contributed by atoms with Gasteiger partial charge >= 0.3 is 0 Å². The molecule has 1 aromatic carbocycles. The molecule has 2 N–H and O–H groups in total. The van der Waals surface area contributed by atoms with Crippen molar-refractivity contribution in [1.29, 1.82) is 5.26 Å². The van der Waals surface area contributed by atoms with Gasteiger partial charge in [-0.25, -0.2) is 0 Å². The fraction of sp³-hybridized carbons (Fsp3) is 0.0833. The van der Waals surface area contributed by atoms with E-state index in [2.05, 4.69) is 26.3 Å². The fourth-order valence-corrected chi connectivity index (χ4v) is 1.88. The molecule has 0 bridgehead atoms. The molecule has 7 heteroatoms. The molecule has 0 aliphatic carbocycles. The van der Waals surface area contributed by atoms with Gasteiger partial charge in [-0.2, -0.15) is 10.4 Å². The molecule has 2 rings (SSSR count). The van der Waals surface area contributed by atoms with Crippen molar-refractivity contribution in [2.24, 2.45) is 7.05 Å². The summed E-state index contributed by atoms with van der Waals surface area (Å²) in [6.45, 7) is 0. The number of carbonyl (C=O) groups excluding carboxylic acids is 1. The van der Waals surface area contributed by atoms with E-state index < -0.39 is 5.91 Å². The summed E-state index contributed by atoms with van der Waals surface area (Å²) in [6.07, 6.45) is 1.50.